The largest absolute Gasteiger partial charge is 0.357 e. The summed E-state index contributed by atoms with van der Waals surface area (Å²) in [5.74, 6) is 1.84. The van der Waals surface area contributed by atoms with E-state index in [0.29, 0.717) is 5.92 Å². The maximum absolute atomic E-state index is 4.76. The van der Waals surface area contributed by atoms with Gasteiger partial charge in [0.15, 0.2) is 0 Å². The summed E-state index contributed by atoms with van der Waals surface area (Å²) in [6.07, 6.45) is 3.97. The van der Waals surface area contributed by atoms with Gasteiger partial charge in [0, 0.05) is 19.6 Å². The molecule has 3 heteroatoms. The monoisotopic (exact) mass is 247 g/mol. The van der Waals surface area contributed by atoms with Crippen LogP contribution in [0.4, 0.5) is 5.82 Å². The van der Waals surface area contributed by atoms with Crippen LogP contribution in [0.2, 0.25) is 0 Å². The van der Waals surface area contributed by atoms with E-state index in [1.54, 1.807) is 0 Å². The summed E-state index contributed by atoms with van der Waals surface area (Å²) < 4.78 is 0. The molecule has 100 valence electrons. The summed E-state index contributed by atoms with van der Waals surface area (Å²) >= 11 is 0. The third kappa shape index (κ3) is 3.98. The minimum atomic E-state index is 0.690. The van der Waals surface area contributed by atoms with Gasteiger partial charge >= 0.3 is 0 Å². The molecule has 2 rings (SSSR count). The van der Waals surface area contributed by atoms with Crippen LogP contribution in [-0.2, 0) is 6.54 Å². The summed E-state index contributed by atoms with van der Waals surface area (Å²) in [5, 5.41) is 3.45. The van der Waals surface area contributed by atoms with Gasteiger partial charge in [-0.2, -0.15) is 0 Å². The first kappa shape index (κ1) is 13.3. The zero-order valence-electron chi connectivity index (χ0n) is 11.7. The topological polar surface area (TPSA) is 28.2 Å². The number of pyridine rings is 1. The van der Waals surface area contributed by atoms with Crippen molar-refractivity contribution >= 4 is 5.82 Å². The van der Waals surface area contributed by atoms with Crippen LogP contribution in [0.15, 0.2) is 18.2 Å². The maximum Gasteiger partial charge on any atom is 0.128 e. The standard InChI is InChI=1S/C15H25N3/c1-13(2)11-16-12-14-7-6-8-15(17-14)18-9-4-3-5-10-18/h6-8,13,16H,3-5,9-12H2,1-2H3. The molecule has 0 saturated carbocycles. The van der Waals surface area contributed by atoms with Crippen molar-refractivity contribution in [1.82, 2.24) is 10.3 Å². The SMILES string of the molecule is CC(C)CNCc1cccc(N2CCCCC2)n1. The first-order chi connectivity index (χ1) is 8.75. The van der Waals surface area contributed by atoms with Crippen molar-refractivity contribution in [2.45, 2.75) is 39.7 Å². The first-order valence-corrected chi connectivity index (χ1v) is 7.17. The molecule has 0 unspecified atom stereocenters. The van der Waals surface area contributed by atoms with E-state index in [4.69, 9.17) is 4.98 Å². The summed E-state index contributed by atoms with van der Waals surface area (Å²) in [6.45, 7) is 8.70. The molecule has 1 N–H and O–H groups in total. The third-order valence-corrected chi connectivity index (χ3v) is 3.33. The molecule has 1 aliphatic heterocycles. The van der Waals surface area contributed by atoms with Gasteiger partial charge in [-0.15, -0.1) is 0 Å². The van der Waals surface area contributed by atoms with Gasteiger partial charge in [0.1, 0.15) is 5.82 Å². The van der Waals surface area contributed by atoms with E-state index in [-0.39, 0.29) is 0 Å². The molecule has 0 spiro atoms. The average Bonchev–Trinajstić information content (AvgIpc) is 2.40. The predicted octanol–water partition coefficient (Wildman–Crippen LogP) is 2.82. The van der Waals surface area contributed by atoms with Crippen LogP contribution in [-0.4, -0.2) is 24.6 Å². The molecule has 1 aromatic heterocycles. The van der Waals surface area contributed by atoms with Crippen molar-refractivity contribution in [1.29, 1.82) is 0 Å². The van der Waals surface area contributed by atoms with Crippen molar-refractivity contribution in [3.8, 4) is 0 Å². The van der Waals surface area contributed by atoms with Crippen LogP contribution in [0.25, 0.3) is 0 Å². The molecule has 3 nitrogen and oxygen atoms in total. The number of anilines is 1. The Labute approximate surface area is 111 Å². The first-order valence-electron chi connectivity index (χ1n) is 7.17. The highest BCUT2D eigenvalue weighted by atomic mass is 15.2. The summed E-state index contributed by atoms with van der Waals surface area (Å²) in [6, 6.07) is 6.38. The number of aromatic nitrogens is 1. The zero-order valence-corrected chi connectivity index (χ0v) is 11.7. The molecule has 1 saturated heterocycles. The van der Waals surface area contributed by atoms with Gasteiger partial charge < -0.3 is 10.2 Å². The molecule has 0 atom stereocenters. The zero-order chi connectivity index (χ0) is 12.8. The molecule has 0 radical (unpaired) electrons. The van der Waals surface area contributed by atoms with Gasteiger partial charge in [-0.1, -0.05) is 19.9 Å². The van der Waals surface area contributed by atoms with Crippen LogP contribution < -0.4 is 10.2 Å². The van der Waals surface area contributed by atoms with E-state index < -0.39 is 0 Å². The van der Waals surface area contributed by atoms with Crippen molar-refractivity contribution in [3.05, 3.63) is 23.9 Å². The molecular weight excluding hydrogens is 222 g/mol. The Morgan fingerprint density at radius 1 is 1.22 bits per heavy atom. The Kier molecular flexibility index (Phi) is 5.00. The molecule has 0 bridgehead atoms. The van der Waals surface area contributed by atoms with Crippen molar-refractivity contribution in [3.63, 3.8) is 0 Å². The van der Waals surface area contributed by atoms with Gasteiger partial charge in [-0.25, -0.2) is 4.98 Å². The summed E-state index contributed by atoms with van der Waals surface area (Å²) in [5.41, 5.74) is 1.15. The molecular formula is C15H25N3. The second-order valence-electron chi connectivity index (χ2n) is 5.56. The normalized spacial score (nSPS) is 16.3. The second kappa shape index (κ2) is 6.74. The lowest BCUT2D eigenvalue weighted by Crippen LogP contribution is -2.30. The van der Waals surface area contributed by atoms with Crippen LogP contribution in [0.3, 0.4) is 0 Å². The van der Waals surface area contributed by atoms with E-state index in [9.17, 15) is 0 Å². The summed E-state index contributed by atoms with van der Waals surface area (Å²) in [7, 11) is 0. The Morgan fingerprint density at radius 3 is 2.72 bits per heavy atom. The Balaban J connectivity index is 1.91. The van der Waals surface area contributed by atoms with Gasteiger partial charge in [-0.05, 0) is 43.9 Å². The fourth-order valence-corrected chi connectivity index (χ4v) is 2.35. The van der Waals surface area contributed by atoms with E-state index in [0.717, 1.165) is 37.7 Å². The number of hydrogen-bond donors (Lipinski definition) is 1. The average molecular weight is 247 g/mol. The summed E-state index contributed by atoms with van der Waals surface area (Å²) in [4.78, 5) is 7.17. The molecule has 18 heavy (non-hydrogen) atoms. The smallest absolute Gasteiger partial charge is 0.128 e. The minimum absolute atomic E-state index is 0.690. The second-order valence-corrected chi connectivity index (χ2v) is 5.56. The van der Waals surface area contributed by atoms with E-state index in [1.165, 1.54) is 19.3 Å². The molecule has 1 fully saturated rings. The Hall–Kier alpha value is -1.09. The Bertz CT molecular complexity index is 357. The molecule has 2 heterocycles. The van der Waals surface area contributed by atoms with Crippen LogP contribution >= 0.6 is 0 Å². The molecule has 0 amide bonds. The van der Waals surface area contributed by atoms with Gasteiger partial charge in [0.05, 0.1) is 5.69 Å². The van der Waals surface area contributed by atoms with Gasteiger partial charge in [0.2, 0.25) is 0 Å². The van der Waals surface area contributed by atoms with Crippen LogP contribution in [0.1, 0.15) is 38.8 Å². The molecule has 0 aromatic carbocycles. The van der Waals surface area contributed by atoms with Crippen molar-refractivity contribution < 1.29 is 0 Å². The van der Waals surface area contributed by atoms with E-state index in [2.05, 4.69) is 42.3 Å². The number of nitrogens with one attached hydrogen (secondary N) is 1. The minimum Gasteiger partial charge on any atom is -0.357 e. The van der Waals surface area contributed by atoms with Crippen molar-refractivity contribution in [2.75, 3.05) is 24.5 Å². The highest BCUT2D eigenvalue weighted by Crippen LogP contribution is 2.17. The van der Waals surface area contributed by atoms with Crippen LogP contribution in [0, 0.1) is 5.92 Å². The lowest BCUT2D eigenvalue weighted by molar-refractivity contribution is 0.546. The molecule has 1 aliphatic rings. The van der Waals surface area contributed by atoms with Gasteiger partial charge in [0.25, 0.3) is 0 Å². The Morgan fingerprint density at radius 2 is 2.00 bits per heavy atom. The van der Waals surface area contributed by atoms with Crippen molar-refractivity contribution in [2.24, 2.45) is 5.92 Å². The molecule has 0 aliphatic carbocycles. The lowest BCUT2D eigenvalue weighted by Gasteiger charge is -2.28. The van der Waals surface area contributed by atoms with Crippen LogP contribution in [0.5, 0.6) is 0 Å². The highest BCUT2D eigenvalue weighted by Gasteiger charge is 2.11. The predicted molar refractivity (Wildman–Crippen MR) is 76.8 cm³/mol. The number of rotatable bonds is 5. The lowest BCUT2D eigenvalue weighted by atomic mass is 10.1. The maximum atomic E-state index is 4.76. The third-order valence-electron chi connectivity index (χ3n) is 3.33. The van der Waals surface area contributed by atoms with E-state index >= 15 is 0 Å². The molecule has 1 aromatic rings. The van der Waals surface area contributed by atoms with E-state index in [1.807, 2.05) is 0 Å². The fraction of sp³-hybridized carbons (Fsp3) is 0.667. The quantitative estimate of drug-likeness (QED) is 0.867. The van der Waals surface area contributed by atoms with Gasteiger partial charge in [-0.3, -0.25) is 0 Å². The fourth-order valence-electron chi connectivity index (χ4n) is 2.35. The highest BCUT2D eigenvalue weighted by molar-refractivity contribution is 5.39. The number of nitrogens with zero attached hydrogens (tertiary/aromatic N) is 2. The number of hydrogen-bond acceptors (Lipinski definition) is 3. The number of piperidine rings is 1.